The minimum Gasteiger partial charge on any atom is -0.445 e. The lowest BCUT2D eigenvalue weighted by atomic mass is 10.3. The van der Waals surface area contributed by atoms with Crippen LogP contribution in [0.1, 0.15) is 12.0 Å². The number of amides is 1. The van der Waals surface area contributed by atoms with Crippen LogP contribution in [0.15, 0.2) is 24.5 Å². The summed E-state index contributed by atoms with van der Waals surface area (Å²) in [7, 11) is 0. The van der Waals surface area contributed by atoms with E-state index in [9.17, 15) is 4.79 Å². The van der Waals surface area contributed by atoms with Crippen LogP contribution in [0.4, 0.5) is 4.79 Å². The molecule has 0 radical (unpaired) electrons. The second-order valence-corrected chi connectivity index (χ2v) is 3.01. The van der Waals surface area contributed by atoms with E-state index in [0.717, 1.165) is 12.0 Å². The molecule has 1 aromatic rings. The molecule has 5 heteroatoms. The molecule has 1 rings (SSSR count). The first-order chi connectivity index (χ1) is 7.33. The summed E-state index contributed by atoms with van der Waals surface area (Å²) < 4.78 is 4.94. The highest BCUT2D eigenvalue weighted by atomic mass is 16.5. The predicted molar refractivity (Wildman–Crippen MR) is 56.1 cm³/mol. The molecule has 0 aliphatic heterocycles. The molecule has 0 saturated carbocycles. The fraction of sp³-hybridized carbons (Fsp3) is 0.400. The molecule has 0 fully saturated rings. The molecule has 0 unspecified atom stereocenters. The standard InChI is InChI=1S/C10H15N3O2/c11-4-2-6-13-10(14)15-8-9-3-1-5-12-7-9/h1,3,5,7H,2,4,6,8,11H2,(H,13,14). The summed E-state index contributed by atoms with van der Waals surface area (Å²) in [5.74, 6) is 0. The molecule has 0 aliphatic rings. The lowest BCUT2D eigenvalue weighted by Crippen LogP contribution is -2.26. The summed E-state index contributed by atoms with van der Waals surface area (Å²) in [6.07, 6.45) is 3.66. The van der Waals surface area contributed by atoms with Crippen molar-refractivity contribution in [1.29, 1.82) is 0 Å². The molecule has 1 amide bonds. The Hall–Kier alpha value is -1.62. The van der Waals surface area contributed by atoms with Gasteiger partial charge in [0.1, 0.15) is 6.61 Å². The van der Waals surface area contributed by atoms with E-state index in [1.165, 1.54) is 0 Å². The molecular formula is C10H15N3O2. The van der Waals surface area contributed by atoms with Crippen LogP contribution in [0.25, 0.3) is 0 Å². The van der Waals surface area contributed by atoms with Gasteiger partial charge in [-0.25, -0.2) is 4.79 Å². The maximum Gasteiger partial charge on any atom is 0.407 e. The van der Waals surface area contributed by atoms with Crippen LogP contribution in [0.2, 0.25) is 0 Å². The minimum absolute atomic E-state index is 0.238. The van der Waals surface area contributed by atoms with Gasteiger partial charge in [-0.2, -0.15) is 0 Å². The van der Waals surface area contributed by atoms with Crippen LogP contribution in [0, 0.1) is 0 Å². The van der Waals surface area contributed by atoms with Gasteiger partial charge in [0.2, 0.25) is 0 Å². The molecule has 0 saturated heterocycles. The van der Waals surface area contributed by atoms with Crippen molar-refractivity contribution in [3.8, 4) is 0 Å². The maximum atomic E-state index is 11.1. The Labute approximate surface area is 88.6 Å². The SMILES string of the molecule is NCCCNC(=O)OCc1cccnc1. The van der Waals surface area contributed by atoms with Crippen molar-refractivity contribution in [2.75, 3.05) is 13.1 Å². The van der Waals surface area contributed by atoms with Gasteiger partial charge in [-0.05, 0) is 19.0 Å². The Morgan fingerprint density at radius 3 is 3.13 bits per heavy atom. The quantitative estimate of drug-likeness (QED) is 0.698. The molecule has 1 aromatic heterocycles. The van der Waals surface area contributed by atoms with Crippen LogP contribution in [0.3, 0.4) is 0 Å². The number of carbonyl (C=O) groups excluding carboxylic acids is 1. The monoisotopic (exact) mass is 209 g/mol. The van der Waals surface area contributed by atoms with Crippen molar-refractivity contribution in [2.24, 2.45) is 5.73 Å². The Morgan fingerprint density at radius 1 is 1.60 bits per heavy atom. The number of alkyl carbamates (subject to hydrolysis) is 1. The number of aromatic nitrogens is 1. The predicted octanol–water partition coefficient (Wildman–Crippen LogP) is 0.657. The number of nitrogens with two attached hydrogens (primary N) is 1. The molecule has 0 aromatic carbocycles. The number of pyridine rings is 1. The largest absolute Gasteiger partial charge is 0.445 e. The van der Waals surface area contributed by atoms with Crippen LogP contribution in [-0.2, 0) is 11.3 Å². The third-order valence-electron chi connectivity index (χ3n) is 1.74. The summed E-state index contributed by atoms with van der Waals surface area (Å²) in [6, 6.07) is 3.64. The van der Waals surface area contributed by atoms with E-state index in [0.29, 0.717) is 13.1 Å². The number of nitrogens with zero attached hydrogens (tertiary/aromatic N) is 1. The molecule has 0 aliphatic carbocycles. The van der Waals surface area contributed by atoms with Crippen molar-refractivity contribution < 1.29 is 9.53 Å². The molecule has 3 N–H and O–H groups in total. The summed E-state index contributed by atoms with van der Waals surface area (Å²) in [5, 5.41) is 2.59. The number of carbonyl (C=O) groups is 1. The summed E-state index contributed by atoms with van der Waals surface area (Å²) in [5.41, 5.74) is 6.15. The molecule has 0 atom stereocenters. The Bertz CT molecular complexity index is 290. The Balaban J connectivity index is 2.17. The normalized spacial score (nSPS) is 9.67. The van der Waals surface area contributed by atoms with Gasteiger partial charge in [0.15, 0.2) is 0 Å². The number of nitrogens with one attached hydrogen (secondary N) is 1. The number of rotatable bonds is 5. The zero-order valence-electron chi connectivity index (χ0n) is 8.48. The van der Waals surface area contributed by atoms with E-state index in [1.807, 2.05) is 6.07 Å². The summed E-state index contributed by atoms with van der Waals surface area (Å²) in [4.78, 5) is 15.0. The fourth-order valence-corrected chi connectivity index (χ4v) is 0.976. The van der Waals surface area contributed by atoms with Crippen molar-refractivity contribution >= 4 is 6.09 Å². The fourth-order valence-electron chi connectivity index (χ4n) is 0.976. The average molecular weight is 209 g/mol. The first-order valence-corrected chi connectivity index (χ1v) is 4.82. The van der Waals surface area contributed by atoms with Gasteiger partial charge in [0.05, 0.1) is 0 Å². The zero-order chi connectivity index (χ0) is 10.9. The number of hydrogen-bond donors (Lipinski definition) is 2. The van der Waals surface area contributed by atoms with E-state index in [2.05, 4.69) is 10.3 Å². The Kier molecular flexibility index (Phi) is 5.18. The molecule has 0 spiro atoms. The van der Waals surface area contributed by atoms with Crippen molar-refractivity contribution in [1.82, 2.24) is 10.3 Å². The summed E-state index contributed by atoms with van der Waals surface area (Å²) >= 11 is 0. The Morgan fingerprint density at radius 2 is 2.47 bits per heavy atom. The van der Waals surface area contributed by atoms with Gasteiger partial charge in [0, 0.05) is 24.5 Å². The first-order valence-electron chi connectivity index (χ1n) is 4.82. The molecule has 0 bridgehead atoms. The van der Waals surface area contributed by atoms with Crippen LogP contribution >= 0.6 is 0 Å². The van der Waals surface area contributed by atoms with E-state index < -0.39 is 6.09 Å². The summed E-state index contributed by atoms with van der Waals surface area (Å²) in [6.45, 7) is 1.34. The highest BCUT2D eigenvalue weighted by molar-refractivity contribution is 5.67. The van der Waals surface area contributed by atoms with Gasteiger partial charge in [-0.15, -0.1) is 0 Å². The molecule has 15 heavy (non-hydrogen) atoms. The van der Waals surface area contributed by atoms with Gasteiger partial charge in [-0.3, -0.25) is 4.98 Å². The molecule has 5 nitrogen and oxygen atoms in total. The second-order valence-electron chi connectivity index (χ2n) is 3.01. The average Bonchev–Trinajstić information content (AvgIpc) is 2.28. The van der Waals surface area contributed by atoms with Gasteiger partial charge < -0.3 is 15.8 Å². The third kappa shape index (κ3) is 4.97. The van der Waals surface area contributed by atoms with E-state index >= 15 is 0 Å². The number of ether oxygens (including phenoxy) is 1. The lowest BCUT2D eigenvalue weighted by molar-refractivity contribution is 0.139. The number of hydrogen-bond acceptors (Lipinski definition) is 4. The van der Waals surface area contributed by atoms with Gasteiger partial charge >= 0.3 is 6.09 Å². The van der Waals surface area contributed by atoms with Crippen LogP contribution in [0.5, 0.6) is 0 Å². The third-order valence-corrected chi connectivity index (χ3v) is 1.74. The minimum atomic E-state index is -0.424. The maximum absolute atomic E-state index is 11.1. The molecular weight excluding hydrogens is 194 g/mol. The zero-order valence-corrected chi connectivity index (χ0v) is 8.48. The highest BCUT2D eigenvalue weighted by Crippen LogP contribution is 1.97. The van der Waals surface area contributed by atoms with E-state index in [1.54, 1.807) is 18.5 Å². The highest BCUT2D eigenvalue weighted by Gasteiger charge is 2.00. The smallest absolute Gasteiger partial charge is 0.407 e. The van der Waals surface area contributed by atoms with Crippen LogP contribution in [-0.4, -0.2) is 24.2 Å². The molecule has 82 valence electrons. The van der Waals surface area contributed by atoms with E-state index in [4.69, 9.17) is 10.5 Å². The van der Waals surface area contributed by atoms with Crippen LogP contribution < -0.4 is 11.1 Å². The van der Waals surface area contributed by atoms with Gasteiger partial charge in [-0.1, -0.05) is 6.07 Å². The lowest BCUT2D eigenvalue weighted by Gasteiger charge is -2.05. The van der Waals surface area contributed by atoms with Crippen molar-refractivity contribution in [3.05, 3.63) is 30.1 Å². The van der Waals surface area contributed by atoms with Crippen molar-refractivity contribution in [3.63, 3.8) is 0 Å². The topological polar surface area (TPSA) is 77.2 Å². The molecule has 1 heterocycles. The first kappa shape index (κ1) is 11.5. The second kappa shape index (κ2) is 6.78. The van der Waals surface area contributed by atoms with Gasteiger partial charge in [0.25, 0.3) is 0 Å². The van der Waals surface area contributed by atoms with E-state index in [-0.39, 0.29) is 6.61 Å². The van der Waals surface area contributed by atoms with Crippen molar-refractivity contribution in [2.45, 2.75) is 13.0 Å².